The number of carbonyl (C=O) groups excluding carboxylic acids is 1. The van der Waals surface area contributed by atoms with Crippen LogP contribution in [0.15, 0.2) is 10.1 Å². The number of fused-ring (bicyclic) bond motifs is 2. The van der Waals surface area contributed by atoms with Gasteiger partial charge in [-0.25, -0.2) is 0 Å². The number of esters is 1. The maximum absolute atomic E-state index is 11.4. The van der Waals surface area contributed by atoms with Crippen LogP contribution in [-0.2, 0) is 19.0 Å². The van der Waals surface area contributed by atoms with Crippen LogP contribution in [0.2, 0.25) is 0 Å². The standard InChI is InChI=1S/C14H20Cl2O4/c1-5-6-8-9-11(15)12(16)10(13(8)20-7(2)17)14(9,18-3)19-4/h8-10,13H,5-6H2,1-4H3/t8-,9-,10-,13-/m0/s1. The van der Waals surface area contributed by atoms with Gasteiger partial charge in [-0.05, 0) is 6.42 Å². The van der Waals surface area contributed by atoms with Crippen molar-refractivity contribution in [3.05, 3.63) is 10.1 Å². The van der Waals surface area contributed by atoms with Crippen LogP contribution in [0.1, 0.15) is 26.7 Å². The minimum absolute atomic E-state index is 0.0591. The van der Waals surface area contributed by atoms with E-state index < -0.39 is 5.79 Å². The average molecular weight is 323 g/mol. The first-order chi connectivity index (χ1) is 9.44. The summed E-state index contributed by atoms with van der Waals surface area (Å²) in [5, 5.41) is 1.06. The second-order valence-corrected chi connectivity index (χ2v) is 6.12. The smallest absolute Gasteiger partial charge is 0.302 e. The van der Waals surface area contributed by atoms with Gasteiger partial charge in [0.15, 0.2) is 5.79 Å². The second-order valence-electron chi connectivity index (χ2n) is 5.31. The van der Waals surface area contributed by atoms with Crippen LogP contribution < -0.4 is 0 Å². The third-order valence-electron chi connectivity index (χ3n) is 4.38. The molecule has 2 rings (SSSR count). The molecule has 1 fully saturated rings. The maximum atomic E-state index is 11.4. The molecule has 0 saturated heterocycles. The molecular weight excluding hydrogens is 303 g/mol. The fourth-order valence-electron chi connectivity index (χ4n) is 3.74. The van der Waals surface area contributed by atoms with E-state index in [0.717, 1.165) is 12.8 Å². The Balaban J connectivity index is 2.46. The molecule has 4 atom stereocenters. The Morgan fingerprint density at radius 2 is 1.75 bits per heavy atom. The van der Waals surface area contributed by atoms with Gasteiger partial charge in [0.25, 0.3) is 0 Å². The van der Waals surface area contributed by atoms with E-state index in [4.69, 9.17) is 37.4 Å². The van der Waals surface area contributed by atoms with Crippen molar-refractivity contribution in [2.24, 2.45) is 17.8 Å². The number of carbonyl (C=O) groups is 1. The minimum atomic E-state index is -0.936. The molecule has 0 radical (unpaired) electrons. The third-order valence-corrected chi connectivity index (χ3v) is 5.36. The van der Waals surface area contributed by atoms with Gasteiger partial charge in [-0.1, -0.05) is 36.5 Å². The number of halogens is 2. The van der Waals surface area contributed by atoms with Gasteiger partial charge >= 0.3 is 5.97 Å². The number of methoxy groups -OCH3 is 2. The molecule has 20 heavy (non-hydrogen) atoms. The van der Waals surface area contributed by atoms with Crippen molar-refractivity contribution in [3.8, 4) is 0 Å². The molecular formula is C14H20Cl2O4. The lowest BCUT2D eigenvalue weighted by Gasteiger charge is -2.32. The summed E-state index contributed by atoms with van der Waals surface area (Å²) in [5.74, 6) is -1.76. The van der Waals surface area contributed by atoms with Gasteiger partial charge in [0.05, 0.1) is 11.8 Å². The molecule has 0 spiro atoms. The molecule has 2 aliphatic carbocycles. The van der Waals surface area contributed by atoms with E-state index in [-0.39, 0.29) is 29.8 Å². The van der Waals surface area contributed by atoms with Crippen molar-refractivity contribution in [2.45, 2.75) is 38.6 Å². The predicted molar refractivity (Wildman–Crippen MR) is 76.4 cm³/mol. The highest BCUT2D eigenvalue weighted by atomic mass is 35.5. The van der Waals surface area contributed by atoms with Crippen LogP contribution in [0.4, 0.5) is 0 Å². The molecule has 0 aromatic rings. The molecule has 6 heteroatoms. The zero-order valence-electron chi connectivity index (χ0n) is 12.1. The second kappa shape index (κ2) is 5.84. The SMILES string of the molecule is CCC[C@@H]1[C@H](OC(C)=O)[C@@H]2C(Cl)=C(Cl)[C@H]1C2(OC)OC. The first-order valence-corrected chi connectivity index (χ1v) is 7.52. The Bertz CT molecular complexity index is 431. The molecule has 0 unspecified atom stereocenters. The number of hydrogen-bond donors (Lipinski definition) is 0. The highest BCUT2D eigenvalue weighted by molar-refractivity contribution is 6.40. The normalized spacial score (nSPS) is 34.7. The highest BCUT2D eigenvalue weighted by Crippen LogP contribution is 2.63. The average Bonchev–Trinajstić information content (AvgIpc) is 2.78. The molecule has 4 nitrogen and oxygen atoms in total. The molecule has 0 amide bonds. The van der Waals surface area contributed by atoms with Crippen LogP contribution in [0, 0.1) is 17.8 Å². The van der Waals surface area contributed by atoms with Gasteiger partial charge in [0.2, 0.25) is 0 Å². The summed E-state index contributed by atoms with van der Waals surface area (Å²) >= 11 is 12.7. The summed E-state index contributed by atoms with van der Waals surface area (Å²) in [5.41, 5.74) is 0. The Kier molecular flexibility index (Phi) is 4.69. The Morgan fingerprint density at radius 1 is 1.20 bits per heavy atom. The first-order valence-electron chi connectivity index (χ1n) is 6.77. The van der Waals surface area contributed by atoms with Gasteiger partial charge in [-0.2, -0.15) is 0 Å². The van der Waals surface area contributed by atoms with E-state index in [1.807, 2.05) is 0 Å². The molecule has 114 valence electrons. The van der Waals surface area contributed by atoms with Gasteiger partial charge in [-0.15, -0.1) is 0 Å². The lowest BCUT2D eigenvalue weighted by molar-refractivity contribution is -0.237. The van der Waals surface area contributed by atoms with E-state index in [2.05, 4.69) is 6.92 Å². The van der Waals surface area contributed by atoms with Crippen LogP contribution in [0.5, 0.6) is 0 Å². The van der Waals surface area contributed by atoms with Gasteiger partial charge in [-0.3, -0.25) is 4.79 Å². The number of hydrogen-bond acceptors (Lipinski definition) is 4. The van der Waals surface area contributed by atoms with Crippen molar-refractivity contribution in [1.29, 1.82) is 0 Å². The fourth-order valence-corrected chi connectivity index (χ4v) is 4.57. The van der Waals surface area contributed by atoms with E-state index in [1.54, 1.807) is 14.2 Å². The van der Waals surface area contributed by atoms with E-state index in [1.165, 1.54) is 6.92 Å². The summed E-state index contributed by atoms with van der Waals surface area (Å²) in [6.45, 7) is 3.48. The Hall–Kier alpha value is -0.290. The van der Waals surface area contributed by atoms with Crippen molar-refractivity contribution in [1.82, 2.24) is 0 Å². The van der Waals surface area contributed by atoms with Crippen molar-refractivity contribution < 1.29 is 19.0 Å². The van der Waals surface area contributed by atoms with E-state index >= 15 is 0 Å². The number of rotatable bonds is 5. The minimum Gasteiger partial charge on any atom is -0.461 e. The Morgan fingerprint density at radius 3 is 2.20 bits per heavy atom. The van der Waals surface area contributed by atoms with E-state index in [0.29, 0.717) is 10.1 Å². The lowest BCUT2D eigenvalue weighted by atomic mass is 9.86. The van der Waals surface area contributed by atoms with Crippen LogP contribution in [0.25, 0.3) is 0 Å². The monoisotopic (exact) mass is 322 g/mol. The fraction of sp³-hybridized carbons (Fsp3) is 0.786. The molecule has 2 aliphatic rings. The first kappa shape index (κ1) is 16.1. The Labute approximate surface area is 129 Å². The number of ether oxygens (including phenoxy) is 3. The molecule has 0 aromatic carbocycles. The van der Waals surface area contributed by atoms with Gasteiger partial charge < -0.3 is 14.2 Å². The van der Waals surface area contributed by atoms with Gasteiger partial charge in [0.1, 0.15) is 6.10 Å². The summed E-state index contributed by atoms with van der Waals surface area (Å²) in [4.78, 5) is 11.4. The van der Waals surface area contributed by atoms with Crippen molar-refractivity contribution in [3.63, 3.8) is 0 Å². The summed E-state index contributed by atoms with van der Waals surface area (Å²) in [6, 6.07) is 0. The molecule has 0 aliphatic heterocycles. The zero-order chi connectivity index (χ0) is 15.1. The van der Waals surface area contributed by atoms with Crippen LogP contribution in [0.3, 0.4) is 0 Å². The maximum Gasteiger partial charge on any atom is 0.302 e. The topological polar surface area (TPSA) is 44.8 Å². The lowest BCUT2D eigenvalue weighted by Crippen LogP contribution is -2.42. The third kappa shape index (κ3) is 2.08. The van der Waals surface area contributed by atoms with Crippen LogP contribution in [-0.4, -0.2) is 32.1 Å². The summed E-state index contributed by atoms with van der Waals surface area (Å²) in [6.07, 6.45) is 1.47. The predicted octanol–water partition coefficient (Wildman–Crippen LogP) is 3.27. The zero-order valence-corrected chi connectivity index (χ0v) is 13.6. The van der Waals surface area contributed by atoms with Crippen molar-refractivity contribution in [2.75, 3.05) is 14.2 Å². The largest absolute Gasteiger partial charge is 0.461 e. The summed E-state index contributed by atoms with van der Waals surface area (Å²) < 4.78 is 16.8. The molecule has 0 N–H and O–H groups in total. The van der Waals surface area contributed by atoms with Crippen LogP contribution >= 0.6 is 23.2 Å². The molecule has 1 saturated carbocycles. The molecule has 0 heterocycles. The summed E-state index contributed by atoms with van der Waals surface area (Å²) in [7, 11) is 3.14. The van der Waals surface area contributed by atoms with Crippen molar-refractivity contribution >= 4 is 29.2 Å². The van der Waals surface area contributed by atoms with Gasteiger partial charge in [0, 0.05) is 37.1 Å². The molecule has 2 bridgehead atoms. The molecule has 0 aromatic heterocycles. The quantitative estimate of drug-likeness (QED) is 0.575. The highest BCUT2D eigenvalue weighted by Gasteiger charge is 2.69. The van der Waals surface area contributed by atoms with E-state index in [9.17, 15) is 4.79 Å².